The van der Waals surface area contributed by atoms with Crippen molar-refractivity contribution < 1.29 is 19.0 Å². The molecule has 1 amide bonds. The second-order valence-electron chi connectivity index (χ2n) is 5.78. The minimum absolute atomic E-state index is 0.0144. The van der Waals surface area contributed by atoms with E-state index in [1.165, 1.54) is 0 Å². The van der Waals surface area contributed by atoms with Gasteiger partial charge in [0.1, 0.15) is 11.5 Å². The molecular formula is C17H26N2O4. The van der Waals surface area contributed by atoms with E-state index >= 15 is 0 Å². The average molecular weight is 322 g/mol. The maximum absolute atomic E-state index is 12.9. The number of benzene rings is 1. The molecule has 2 rings (SSSR count). The number of amides is 1. The Morgan fingerprint density at radius 2 is 1.87 bits per heavy atom. The number of hydrogen-bond acceptors (Lipinski definition) is 5. The van der Waals surface area contributed by atoms with E-state index in [9.17, 15) is 4.79 Å². The molecule has 0 spiro atoms. The van der Waals surface area contributed by atoms with E-state index in [-0.39, 0.29) is 18.1 Å². The van der Waals surface area contributed by atoms with Crippen molar-refractivity contribution in [2.24, 2.45) is 5.73 Å². The van der Waals surface area contributed by atoms with Gasteiger partial charge in [0.05, 0.1) is 20.3 Å². The van der Waals surface area contributed by atoms with Crippen LogP contribution in [-0.2, 0) is 4.74 Å². The van der Waals surface area contributed by atoms with Gasteiger partial charge < -0.3 is 24.8 Å². The molecule has 1 aromatic carbocycles. The summed E-state index contributed by atoms with van der Waals surface area (Å²) >= 11 is 0. The molecule has 6 nitrogen and oxygen atoms in total. The molecule has 23 heavy (non-hydrogen) atoms. The van der Waals surface area contributed by atoms with Gasteiger partial charge in [-0.05, 0) is 31.9 Å². The normalized spacial score (nSPS) is 21.2. The summed E-state index contributed by atoms with van der Waals surface area (Å²) in [7, 11) is 4.87. The Morgan fingerprint density at radius 3 is 2.35 bits per heavy atom. The van der Waals surface area contributed by atoms with E-state index in [0.29, 0.717) is 30.2 Å². The molecule has 128 valence electrons. The summed E-state index contributed by atoms with van der Waals surface area (Å²) in [6.07, 6.45) is 1.74. The van der Waals surface area contributed by atoms with Crippen molar-refractivity contribution in [2.45, 2.75) is 31.9 Å². The molecule has 1 aliphatic heterocycles. The Morgan fingerprint density at radius 1 is 1.26 bits per heavy atom. The third kappa shape index (κ3) is 3.59. The molecule has 6 heteroatoms. The fourth-order valence-corrected chi connectivity index (χ4v) is 3.09. The highest BCUT2D eigenvalue weighted by Crippen LogP contribution is 2.31. The number of rotatable bonds is 5. The third-order valence-corrected chi connectivity index (χ3v) is 4.53. The Labute approximate surface area is 137 Å². The quantitative estimate of drug-likeness (QED) is 0.891. The summed E-state index contributed by atoms with van der Waals surface area (Å²) in [5.74, 6) is 1.24. The summed E-state index contributed by atoms with van der Waals surface area (Å²) in [6, 6.07) is 3.51. The highest BCUT2D eigenvalue weighted by molar-refractivity contribution is 5.95. The van der Waals surface area contributed by atoms with Crippen molar-refractivity contribution >= 4 is 5.91 Å². The Bertz CT molecular complexity index is 537. The molecule has 0 bridgehead atoms. The molecular weight excluding hydrogens is 296 g/mol. The summed E-state index contributed by atoms with van der Waals surface area (Å²) < 4.78 is 16.1. The molecule has 2 N–H and O–H groups in total. The summed E-state index contributed by atoms with van der Waals surface area (Å²) in [4.78, 5) is 14.8. The molecule has 2 atom stereocenters. The van der Waals surface area contributed by atoms with Crippen LogP contribution in [0.15, 0.2) is 12.1 Å². The van der Waals surface area contributed by atoms with Gasteiger partial charge in [-0.2, -0.15) is 0 Å². The van der Waals surface area contributed by atoms with Gasteiger partial charge in [-0.3, -0.25) is 4.79 Å². The molecule has 1 saturated heterocycles. The van der Waals surface area contributed by atoms with Gasteiger partial charge >= 0.3 is 0 Å². The van der Waals surface area contributed by atoms with Gasteiger partial charge in [-0.1, -0.05) is 0 Å². The molecule has 0 aliphatic carbocycles. The van der Waals surface area contributed by atoms with E-state index in [1.54, 1.807) is 33.5 Å². The van der Waals surface area contributed by atoms with E-state index in [4.69, 9.17) is 19.9 Å². The minimum atomic E-state index is -0.0494. The van der Waals surface area contributed by atoms with Crippen LogP contribution in [0.1, 0.15) is 28.8 Å². The van der Waals surface area contributed by atoms with Crippen LogP contribution in [0, 0.1) is 6.92 Å². The number of methoxy groups -OCH3 is 3. The maximum Gasteiger partial charge on any atom is 0.254 e. The predicted octanol–water partition coefficient (Wildman–Crippen LogP) is 1.59. The number of piperidine rings is 1. The lowest BCUT2D eigenvalue weighted by Crippen LogP contribution is -2.51. The Balaban J connectivity index is 2.29. The van der Waals surface area contributed by atoms with E-state index < -0.39 is 0 Å². The smallest absolute Gasteiger partial charge is 0.254 e. The zero-order valence-electron chi connectivity index (χ0n) is 14.3. The van der Waals surface area contributed by atoms with Crippen LogP contribution in [-0.4, -0.2) is 57.4 Å². The highest BCUT2D eigenvalue weighted by atomic mass is 16.5. The lowest BCUT2D eigenvalue weighted by atomic mass is 9.97. The number of likely N-dealkylation sites (tertiary alicyclic amines) is 1. The van der Waals surface area contributed by atoms with E-state index in [1.807, 2.05) is 11.8 Å². The molecule has 1 heterocycles. The fraction of sp³-hybridized carbons (Fsp3) is 0.588. The summed E-state index contributed by atoms with van der Waals surface area (Å²) in [6.45, 7) is 2.96. The number of hydrogen-bond donors (Lipinski definition) is 1. The van der Waals surface area contributed by atoms with Crippen molar-refractivity contribution in [3.8, 4) is 11.5 Å². The monoisotopic (exact) mass is 322 g/mol. The first kappa shape index (κ1) is 17.6. The number of ether oxygens (including phenoxy) is 3. The van der Waals surface area contributed by atoms with Crippen molar-refractivity contribution in [3.63, 3.8) is 0 Å². The first-order chi connectivity index (χ1) is 11.0. The predicted molar refractivity (Wildman–Crippen MR) is 88.2 cm³/mol. The van der Waals surface area contributed by atoms with Crippen LogP contribution in [0.25, 0.3) is 0 Å². The highest BCUT2D eigenvalue weighted by Gasteiger charge is 2.31. The van der Waals surface area contributed by atoms with Crippen LogP contribution in [0.3, 0.4) is 0 Å². The van der Waals surface area contributed by atoms with Gasteiger partial charge in [0.15, 0.2) is 0 Å². The Hall–Kier alpha value is -1.79. The first-order valence-corrected chi connectivity index (χ1v) is 7.82. The summed E-state index contributed by atoms with van der Waals surface area (Å²) in [5, 5.41) is 0. The third-order valence-electron chi connectivity index (χ3n) is 4.53. The van der Waals surface area contributed by atoms with Gasteiger partial charge in [0, 0.05) is 37.4 Å². The summed E-state index contributed by atoms with van der Waals surface area (Å²) in [5.41, 5.74) is 7.29. The van der Waals surface area contributed by atoms with Crippen molar-refractivity contribution in [1.82, 2.24) is 4.90 Å². The second-order valence-corrected chi connectivity index (χ2v) is 5.78. The lowest BCUT2D eigenvalue weighted by Gasteiger charge is -2.38. The van der Waals surface area contributed by atoms with E-state index in [0.717, 1.165) is 18.4 Å². The SMILES string of the molecule is COc1cc(C(=O)N2CCC(OC)CC2CN)cc(OC)c1C. The minimum Gasteiger partial charge on any atom is -0.496 e. The van der Waals surface area contributed by atoms with Crippen molar-refractivity contribution in [1.29, 1.82) is 0 Å². The zero-order chi connectivity index (χ0) is 17.0. The number of nitrogens with zero attached hydrogens (tertiary/aromatic N) is 1. The maximum atomic E-state index is 12.9. The van der Waals surface area contributed by atoms with Crippen molar-refractivity contribution in [2.75, 3.05) is 34.4 Å². The zero-order valence-corrected chi connectivity index (χ0v) is 14.3. The number of carbonyl (C=O) groups is 1. The first-order valence-electron chi connectivity index (χ1n) is 7.82. The number of carbonyl (C=O) groups excluding carboxylic acids is 1. The molecule has 0 saturated carbocycles. The standard InChI is InChI=1S/C17H26N2O4/c1-11-15(22-3)7-12(8-16(11)23-4)17(20)19-6-5-14(21-2)9-13(19)10-18/h7-8,13-14H,5-6,9-10,18H2,1-4H3. The molecule has 1 fully saturated rings. The number of nitrogens with two attached hydrogens (primary N) is 1. The van der Waals surface area contributed by atoms with E-state index in [2.05, 4.69) is 0 Å². The van der Waals surface area contributed by atoms with Gasteiger partial charge in [0.2, 0.25) is 0 Å². The second kappa shape index (κ2) is 7.66. The molecule has 1 aliphatic rings. The molecule has 2 unspecified atom stereocenters. The molecule has 1 aromatic rings. The average Bonchev–Trinajstić information content (AvgIpc) is 2.60. The van der Waals surface area contributed by atoms with Crippen LogP contribution in [0.5, 0.6) is 11.5 Å². The fourth-order valence-electron chi connectivity index (χ4n) is 3.09. The van der Waals surface area contributed by atoms with Crippen LogP contribution >= 0.6 is 0 Å². The molecule has 0 radical (unpaired) electrons. The lowest BCUT2D eigenvalue weighted by molar-refractivity contribution is 0.0138. The van der Waals surface area contributed by atoms with Gasteiger partial charge in [-0.15, -0.1) is 0 Å². The van der Waals surface area contributed by atoms with Crippen LogP contribution in [0.2, 0.25) is 0 Å². The Kier molecular flexibility index (Phi) is 5.85. The van der Waals surface area contributed by atoms with Gasteiger partial charge in [0.25, 0.3) is 5.91 Å². The van der Waals surface area contributed by atoms with Crippen molar-refractivity contribution in [3.05, 3.63) is 23.3 Å². The van der Waals surface area contributed by atoms with Crippen LogP contribution in [0.4, 0.5) is 0 Å². The largest absolute Gasteiger partial charge is 0.496 e. The topological polar surface area (TPSA) is 74.0 Å². The molecule has 0 aromatic heterocycles. The van der Waals surface area contributed by atoms with Gasteiger partial charge in [-0.25, -0.2) is 0 Å². The van der Waals surface area contributed by atoms with Crippen LogP contribution < -0.4 is 15.2 Å².